The molecule has 1 unspecified atom stereocenters. The van der Waals surface area contributed by atoms with Gasteiger partial charge in [-0.2, -0.15) is 0 Å². The standard InChI is InChI=1S/C33H31FN2O/c1-23-12-15-26(16-13-23)21-36-22-30(27-10-6-7-11-32(27)36)28(29-18-24(2)14-17-31(29)34)19-33(37)35-20-25-8-4-3-5-9-25/h3-18,22,28H,19-21H2,1-2H3,(H,35,37). The van der Waals surface area contributed by atoms with Gasteiger partial charge >= 0.3 is 0 Å². The van der Waals surface area contributed by atoms with E-state index in [2.05, 4.69) is 59.4 Å². The summed E-state index contributed by atoms with van der Waals surface area (Å²) in [5, 5.41) is 4.07. The first kappa shape index (κ1) is 24.5. The van der Waals surface area contributed by atoms with Gasteiger partial charge in [0.2, 0.25) is 5.91 Å². The van der Waals surface area contributed by atoms with Crippen LogP contribution in [0.1, 0.15) is 45.7 Å². The number of carbonyl (C=O) groups is 1. The number of halogens is 1. The second-order valence-corrected chi connectivity index (χ2v) is 9.76. The minimum Gasteiger partial charge on any atom is -0.352 e. The van der Waals surface area contributed by atoms with E-state index >= 15 is 4.39 Å². The zero-order chi connectivity index (χ0) is 25.8. The third kappa shape index (κ3) is 5.64. The van der Waals surface area contributed by atoms with Crippen molar-refractivity contribution in [2.75, 3.05) is 0 Å². The van der Waals surface area contributed by atoms with E-state index in [0.717, 1.165) is 27.6 Å². The van der Waals surface area contributed by atoms with Crippen molar-refractivity contribution in [3.8, 4) is 0 Å². The highest BCUT2D eigenvalue weighted by Crippen LogP contribution is 2.36. The highest BCUT2D eigenvalue weighted by atomic mass is 19.1. The molecule has 4 aromatic carbocycles. The Bertz CT molecular complexity index is 1520. The Labute approximate surface area is 217 Å². The van der Waals surface area contributed by atoms with Gasteiger partial charge in [0.15, 0.2) is 0 Å². The summed E-state index contributed by atoms with van der Waals surface area (Å²) in [7, 11) is 0. The Morgan fingerprint density at radius 2 is 1.51 bits per heavy atom. The molecule has 1 atom stereocenters. The molecule has 0 spiro atoms. The quantitative estimate of drug-likeness (QED) is 0.244. The van der Waals surface area contributed by atoms with Gasteiger partial charge in [-0.15, -0.1) is 0 Å². The highest BCUT2D eigenvalue weighted by Gasteiger charge is 2.25. The monoisotopic (exact) mass is 490 g/mol. The van der Waals surface area contributed by atoms with Crippen molar-refractivity contribution in [3.63, 3.8) is 0 Å². The lowest BCUT2D eigenvalue weighted by atomic mass is 9.87. The number of fused-ring (bicyclic) bond motifs is 1. The van der Waals surface area contributed by atoms with E-state index < -0.39 is 5.92 Å². The van der Waals surface area contributed by atoms with Crippen molar-refractivity contribution in [3.05, 3.63) is 142 Å². The summed E-state index contributed by atoms with van der Waals surface area (Å²) in [6, 6.07) is 31.7. The normalized spacial score (nSPS) is 12.0. The Morgan fingerprint density at radius 1 is 0.811 bits per heavy atom. The maximum Gasteiger partial charge on any atom is 0.221 e. The SMILES string of the molecule is Cc1ccc(Cn2cc(C(CC(=O)NCc3ccccc3)c3cc(C)ccc3F)c3ccccc32)cc1. The first-order chi connectivity index (χ1) is 18.0. The number of benzene rings is 4. The number of para-hydroxylation sites is 1. The van der Waals surface area contributed by atoms with Crippen molar-refractivity contribution in [2.45, 2.75) is 39.3 Å². The van der Waals surface area contributed by atoms with Crippen LogP contribution in [-0.4, -0.2) is 10.5 Å². The lowest BCUT2D eigenvalue weighted by molar-refractivity contribution is -0.121. The molecule has 0 bridgehead atoms. The van der Waals surface area contributed by atoms with E-state index in [1.165, 1.54) is 17.2 Å². The van der Waals surface area contributed by atoms with Crippen LogP contribution in [-0.2, 0) is 17.9 Å². The maximum absolute atomic E-state index is 15.3. The fourth-order valence-corrected chi connectivity index (χ4v) is 4.95. The number of aryl methyl sites for hydroxylation is 2. The van der Waals surface area contributed by atoms with Gasteiger partial charge in [-0.1, -0.05) is 96.1 Å². The molecular weight excluding hydrogens is 459 g/mol. The third-order valence-electron chi connectivity index (χ3n) is 6.92. The van der Waals surface area contributed by atoms with Crippen LogP contribution in [0.2, 0.25) is 0 Å². The van der Waals surface area contributed by atoms with Crippen molar-refractivity contribution in [1.82, 2.24) is 9.88 Å². The zero-order valence-electron chi connectivity index (χ0n) is 21.2. The molecule has 0 saturated carbocycles. The maximum atomic E-state index is 15.3. The summed E-state index contributed by atoms with van der Waals surface area (Å²) in [5.41, 5.74) is 6.99. The van der Waals surface area contributed by atoms with Crippen LogP contribution in [0.4, 0.5) is 4.39 Å². The van der Waals surface area contributed by atoms with E-state index in [4.69, 9.17) is 0 Å². The summed E-state index contributed by atoms with van der Waals surface area (Å²) in [5.74, 6) is -0.813. The van der Waals surface area contributed by atoms with Crippen molar-refractivity contribution >= 4 is 16.8 Å². The van der Waals surface area contributed by atoms with E-state index in [0.29, 0.717) is 18.7 Å². The molecule has 0 aliphatic heterocycles. The van der Waals surface area contributed by atoms with Crippen LogP contribution in [0, 0.1) is 19.7 Å². The summed E-state index contributed by atoms with van der Waals surface area (Å²) in [6.07, 6.45) is 2.26. The summed E-state index contributed by atoms with van der Waals surface area (Å²) in [4.78, 5) is 13.2. The number of carbonyl (C=O) groups excluding carboxylic acids is 1. The van der Waals surface area contributed by atoms with E-state index in [-0.39, 0.29) is 18.1 Å². The smallest absolute Gasteiger partial charge is 0.221 e. The Kier molecular flexibility index (Phi) is 7.18. The Balaban J connectivity index is 1.53. The van der Waals surface area contributed by atoms with Gasteiger partial charge in [0.1, 0.15) is 5.82 Å². The van der Waals surface area contributed by atoms with Crippen LogP contribution in [0.25, 0.3) is 10.9 Å². The Hall–Kier alpha value is -4.18. The summed E-state index contributed by atoms with van der Waals surface area (Å²) in [6.45, 7) is 5.18. The summed E-state index contributed by atoms with van der Waals surface area (Å²) >= 11 is 0. The average Bonchev–Trinajstić information content (AvgIpc) is 3.27. The molecule has 0 aliphatic rings. The van der Waals surface area contributed by atoms with E-state index in [9.17, 15) is 4.79 Å². The van der Waals surface area contributed by atoms with Gasteiger partial charge < -0.3 is 9.88 Å². The fourth-order valence-electron chi connectivity index (χ4n) is 4.95. The highest BCUT2D eigenvalue weighted by molar-refractivity contribution is 5.87. The summed E-state index contributed by atoms with van der Waals surface area (Å²) < 4.78 is 17.5. The number of hydrogen-bond acceptors (Lipinski definition) is 1. The van der Waals surface area contributed by atoms with Crippen LogP contribution < -0.4 is 5.32 Å². The van der Waals surface area contributed by atoms with Crippen LogP contribution in [0.3, 0.4) is 0 Å². The second-order valence-electron chi connectivity index (χ2n) is 9.76. The van der Waals surface area contributed by atoms with E-state index in [1.54, 1.807) is 6.07 Å². The minimum atomic E-state index is -0.417. The molecule has 4 heteroatoms. The van der Waals surface area contributed by atoms with Gasteiger partial charge in [-0.3, -0.25) is 4.79 Å². The fraction of sp³-hybridized carbons (Fsp3) is 0.182. The number of aromatic nitrogens is 1. The molecule has 5 rings (SSSR count). The molecule has 1 N–H and O–H groups in total. The molecule has 1 heterocycles. The molecule has 1 amide bonds. The second kappa shape index (κ2) is 10.8. The van der Waals surface area contributed by atoms with Gasteiger partial charge in [0, 0.05) is 42.5 Å². The van der Waals surface area contributed by atoms with Crippen molar-refractivity contribution in [2.24, 2.45) is 0 Å². The lowest BCUT2D eigenvalue weighted by Crippen LogP contribution is -2.25. The van der Waals surface area contributed by atoms with Crippen molar-refractivity contribution < 1.29 is 9.18 Å². The molecule has 5 aromatic rings. The number of nitrogens with one attached hydrogen (secondary N) is 1. The topological polar surface area (TPSA) is 34.0 Å². The molecule has 1 aromatic heterocycles. The molecule has 3 nitrogen and oxygen atoms in total. The molecule has 0 aliphatic carbocycles. The zero-order valence-corrected chi connectivity index (χ0v) is 21.2. The number of nitrogens with zero attached hydrogens (tertiary/aromatic N) is 1. The minimum absolute atomic E-state index is 0.106. The molecule has 37 heavy (non-hydrogen) atoms. The molecule has 0 saturated heterocycles. The Morgan fingerprint density at radius 3 is 2.30 bits per heavy atom. The first-order valence-corrected chi connectivity index (χ1v) is 12.7. The molecular formula is C33H31FN2O. The number of amides is 1. The van der Waals surface area contributed by atoms with E-state index in [1.807, 2.05) is 55.5 Å². The predicted octanol–water partition coefficient (Wildman–Crippen LogP) is 7.28. The van der Waals surface area contributed by atoms with Gasteiger partial charge in [-0.25, -0.2) is 4.39 Å². The van der Waals surface area contributed by atoms with Crippen LogP contribution in [0.5, 0.6) is 0 Å². The average molecular weight is 491 g/mol. The number of rotatable bonds is 8. The third-order valence-corrected chi connectivity index (χ3v) is 6.92. The van der Waals surface area contributed by atoms with Gasteiger partial charge in [0.25, 0.3) is 0 Å². The largest absolute Gasteiger partial charge is 0.352 e. The lowest BCUT2D eigenvalue weighted by Gasteiger charge is -2.19. The van der Waals surface area contributed by atoms with Crippen molar-refractivity contribution in [1.29, 1.82) is 0 Å². The van der Waals surface area contributed by atoms with Gasteiger partial charge in [-0.05, 0) is 48.2 Å². The first-order valence-electron chi connectivity index (χ1n) is 12.7. The van der Waals surface area contributed by atoms with Crippen LogP contribution >= 0.6 is 0 Å². The molecule has 0 radical (unpaired) electrons. The van der Waals surface area contributed by atoms with Crippen LogP contribution in [0.15, 0.2) is 103 Å². The predicted molar refractivity (Wildman–Crippen MR) is 148 cm³/mol. The molecule has 186 valence electrons. The van der Waals surface area contributed by atoms with Gasteiger partial charge in [0.05, 0.1) is 0 Å². The molecule has 0 fully saturated rings. The number of hydrogen-bond donors (Lipinski definition) is 1.